The molecule has 8 heteroatoms. The number of carbonyl (C=O) groups excluding carboxylic acids is 1. The number of amides is 1. The summed E-state index contributed by atoms with van der Waals surface area (Å²) < 4.78 is 5.39. The summed E-state index contributed by atoms with van der Waals surface area (Å²) in [4.78, 5) is 27.7. The number of ether oxygens (including phenoxy) is 1. The summed E-state index contributed by atoms with van der Waals surface area (Å²) in [7, 11) is 1.65. The van der Waals surface area contributed by atoms with Gasteiger partial charge in [-0.3, -0.25) is 9.69 Å². The molecule has 0 saturated carbocycles. The maximum absolute atomic E-state index is 11.2. The molecule has 0 aliphatic carbocycles. The van der Waals surface area contributed by atoms with Crippen LogP contribution in [0.3, 0.4) is 0 Å². The van der Waals surface area contributed by atoms with Crippen LogP contribution in [0.5, 0.6) is 5.75 Å². The number of methoxy groups -OCH3 is 1. The van der Waals surface area contributed by atoms with Gasteiger partial charge in [0, 0.05) is 43.3 Å². The predicted molar refractivity (Wildman–Crippen MR) is 117 cm³/mol. The minimum Gasteiger partial charge on any atom is -0.491 e. The lowest BCUT2D eigenvalue weighted by Gasteiger charge is -2.35. The van der Waals surface area contributed by atoms with Crippen LogP contribution < -0.4 is 15.4 Å². The highest BCUT2D eigenvalue weighted by Gasteiger charge is 2.20. The molecule has 4 rings (SSSR count). The van der Waals surface area contributed by atoms with Gasteiger partial charge in [0.05, 0.1) is 19.7 Å². The van der Waals surface area contributed by atoms with Crippen molar-refractivity contribution in [3.63, 3.8) is 0 Å². The lowest BCUT2D eigenvalue weighted by molar-refractivity contribution is -0.117. The Morgan fingerprint density at radius 2 is 2.10 bits per heavy atom. The molecule has 0 radical (unpaired) electrons. The third-order valence-corrected chi connectivity index (χ3v) is 5.68. The van der Waals surface area contributed by atoms with Crippen molar-refractivity contribution in [2.45, 2.75) is 19.3 Å². The molecular formula is C22H28N6O2. The summed E-state index contributed by atoms with van der Waals surface area (Å²) in [6.07, 6.45) is 7.73. The monoisotopic (exact) mass is 408 g/mol. The first kappa shape index (κ1) is 20.2. The van der Waals surface area contributed by atoms with Crippen molar-refractivity contribution in [3.05, 3.63) is 48.0 Å². The van der Waals surface area contributed by atoms with E-state index in [-0.39, 0.29) is 12.3 Å². The Morgan fingerprint density at radius 3 is 2.87 bits per heavy atom. The largest absolute Gasteiger partial charge is 0.491 e. The molecule has 1 saturated heterocycles. The molecule has 2 aromatic heterocycles. The van der Waals surface area contributed by atoms with E-state index < -0.39 is 0 Å². The van der Waals surface area contributed by atoms with Gasteiger partial charge in [-0.1, -0.05) is 6.07 Å². The molecule has 1 aromatic carbocycles. The van der Waals surface area contributed by atoms with E-state index in [9.17, 15) is 4.79 Å². The van der Waals surface area contributed by atoms with E-state index in [4.69, 9.17) is 10.5 Å². The fourth-order valence-electron chi connectivity index (χ4n) is 4.11. The van der Waals surface area contributed by atoms with Crippen molar-refractivity contribution in [1.82, 2.24) is 19.9 Å². The quantitative estimate of drug-likeness (QED) is 0.589. The third kappa shape index (κ3) is 4.54. The van der Waals surface area contributed by atoms with Crippen molar-refractivity contribution >= 4 is 22.6 Å². The van der Waals surface area contributed by atoms with Gasteiger partial charge in [-0.05, 0) is 42.6 Å². The fourth-order valence-corrected chi connectivity index (χ4v) is 4.11. The topological polar surface area (TPSA) is 100 Å². The maximum Gasteiger partial charge on any atom is 0.221 e. The van der Waals surface area contributed by atoms with Crippen molar-refractivity contribution in [2.24, 2.45) is 5.73 Å². The number of aromatic nitrogens is 3. The van der Waals surface area contributed by atoms with Crippen molar-refractivity contribution < 1.29 is 9.53 Å². The van der Waals surface area contributed by atoms with E-state index in [2.05, 4.69) is 37.0 Å². The molecule has 0 bridgehead atoms. The van der Waals surface area contributed by atoms with E-state index in [0.717, 1.165) is 68.2 Å². The number of aryl methyl sites for hydroxylation is 1. The molecule has 3 heterocycles. The number of benzene rings is 1. The Kier molecular flexibility index (Phi) is 6.13. The highest BCUT2D eigenvalue weighted by molar-refractivity contribution is 5.85. The van der Waals surface area contributed by atoms with Crippen LogP contribution in [-0.2, 0) is 17.6 Å². The number of H-pyrrole nitrogens is 1. The normalized spacial score (nSPS) is 14.9. The average Bonchev–Trinajstić information content (AvgIpc) is 3.16. The van der Waals surface area contributed by atoms with E-state index in [1.807, 2.05) is 12.1 Å². The number of fused-ring (bicyclic) bond motifs is 1. The first-order valence-corrected chi connectivity index (χ1v) is 10.3. The first-order chi connectivity index (χ1) is 14.6. The number of primary amides is 1. The zero-order valence-electron chi connectivity index (χ0n) is 17.3. The lowest BCUT2D eigenvalue weighted by Crippen LogP contribution is -2.47. The minimum atomic E-state index is -0.301. The number of rotatable bonds is 8. The van der Waals surface area contributed by atoms with E-state index in [1.165, 1.54) is 10.9 Å². The second-order valence-corrected chi connectivity index (χ2v) is 7.68. The molecule has 3 aromatic rings. The van der Waals surface area contributed by atoms with Crippen LogP contribution in [0.15, 0.2) is 36.9 Å². The summed E-state index contributed by atoms with van der Waals surface area (Å²) in [5.41, 5.74) is 8.70. The number of nitrogens with two attached hydrogens (primary N) is 1. The Hall–Kier alpha value is -3.13. The van der Waals surface area contributed by atoms with Gasteiger partial charge < -0.3 is 20.4 Å². The summed E-state index contributed by atoms with van der Waals surface area (Å²) in [5.74, 6) is 1.30. The zero-order valence-corrected chi connectivity index (χ0v) is 17.3. The number of hydrogen-bond donors (Lipinski definition) is 2. The SMILES string of the molecule is COc1cncnc1N1CCN(CCCc2c[nH]c3ccc(CC(N)=O)cc23)CC1. The van der Waals surface area contributed by atoms with Gasteiger partial charge in [0.1, 0.15) is 6.33 Å². The van der Waals surface area contributed by atoms with Crippen LogP contribution in [0.2, 0.25) is 0 Å². The maximum atomic E-state index is 11.2. The Morgan fingerprint density at radius 1 is 1.27 bits per heavy atom. The van der Waals surface area contributed by atoms with Crippen LogP contribution >= 0.6 is 0 Å². The number of nitrogens with zero attached hydrogens (tertiary/aromatic N) is 4. The molecule has 30 heavy (non-hydrogen) atoms. The fraction of sp³-hybridized carbons (Fsp3) is 0.409. The van der Waals surface area contributed by atoms with Crippen LogP contribution in [-0.4, -0.2) is 65.6 Å². The molecule has 0 atom stereocenters. The Labute approximate surface area is 176 Å². The molecule has 1 aliphatic heterocycles. The molecule has 1 aliphatic rings. The third-order valence-electron chi connectivity index (χ3n) is 5.68. The van der Waals surface area contributed by atoms with Crippen molar-refractivity contribution in [1.29, 1.82) is 0 Å². The van der Waals surface area contributed by atoms with E-state index >= 15 is 0 Å². The standard InChI is InChI=1S/C22H28N6O2/c1-30-20-14-24-15-26-22(20)28-9-7-27(8-10-28)6-2-3-17-13-25-19-5-4-16(11-18(17)19)12-21(23)29/h4-5,11,13-15,25H,2-3,6-10,12H2,1H3,(H2,23,29). The average molecular weight is 409 g/mol. The Balaban J connectivity index is 1.30. The van der Waals surface area contributed by atoms with E-state index in [0.29, 0.717) is 0 Å². The number of hydrogen-bond acceptors (Lipinski definition) is 6. The molecule has 1 amide bonds. The van der Waals surface area contributed by atoms with Gasteiger partial charge in [0.2, 0.25) is 5.91 Å². The summed E-state index contributed by atoms with van der Waals surface area (Å²) in [6.45, 7) is 4.92. The highest BCUT2D eigenvalue weighted by Crippen LogP contribution is 2.25. The van der Waals surface area contributed by atoms with Gasteiger partial charge in [-0.2, -0.15) is 0 Å². The van der Waals surface area contributed by atoms with Gasteiger partial charge in [-0.15, -0.1) is 0 Å². The molecule has 0 unspecified atom stereocenters. The smallest absolute Gasteiger partial charge is 0.221 e. The summed E-state index contributed by atoms with van der Waals surface area (Å²) in [6, 6.07) is 6.07. The van der Waals surface area contributed by atoms with Crippen molar-refractivity contribution in [2.75, 3.05) is 44.7 Å². The van der Waals surface area contributed by atoms with Gasteiger partial charge >= 0.3 is 0 Å². The molecule has 158 valence electrons. The van der Waals surface area contributed by atoms with Gasteiger partial charge in [0.25, 0.3) is 0 Å². The van der Waals surface area contributed by atoms with Crippen LogP contribution in [0, 0.1) is 0 Å². The number of anilines is 1. The first-order valence-electron chi connectivity index (χ1n) is 10.3. The molecule has 8 nitrogen and oxygen atoms in total. The van der Waals surface area contributed by atoms with Crippen LogP contribution in [0.1, 0.15) is 17.5 Å². The van der Waals surface area contributed by atoms with E-state index in [1.54, 1.807) is 19.6 Å². The predicted octanol–water partition coefficient (Wildman–Crippen LogP) is 1.75. The van der Waals surface area contributed by atoms with Crippen molar-refractivity contribution in [3.8, 4) is 5.75 Å². The summed E-state index contributed by atoms with van der Waals surface area (Å²) in [5, 5.41) is 1.19. The van der Waals surface area contributed by atoms with Gasteiger partial charge in [-0.25, -0.2) is 9.97 Å². The number of nitrogens with one attached hydrogen (secondary N) is 1. The van der Waals surface area contributed by atoms with Gasteiger partial charge in [0.15, 0.2) is 11.6 Å². The molecular weight excluding hydrogens is 380 g/mol. The highest BCUT2D eigenvalue weighted by atomic mass is 16.5. The second-order valence-electron chi connectivity index (χ2n) is 7.68. The minimum absolute atomic E-state index is 0.280. The molecule has 3 N–H and O–H groups in total. The number of piperazine rings is 1. The van der Waals surface area contributed by atoms with Crippen LogP contribution in [0.25, 0.3) is 10.9 Å². The van der Waals surface area contributed by atoms with Crippen LogP contribution in [0.4, 0.5) is 5.82 Å². The number of aromatic amines is 1. The summed E-state index contributed by atoms with van der Waals surface area (Å²) >= 11 is 0. The number of carbonyl (C=O) groups is 1. The molecule has 0 spiro atoms. The zero-order chi connectivity index (χ0) is 20.9. The lowest BCUT2D eigenvalue weighted by atomic mass is 10.0. The Bertz CT molecular complexity index is 1010. The molecule has 1 fully saturated rings. The second kappa shape index (κ2) is 9.13.